The molecule has 0 atom stereocenters. The van der Waals surface area contributed by atoms with Gasteiger partial charge in [0, 0.05) is 18.0 Å². The van der Waals surface area contributed by atoms with Crippen molar-refractivity contribution < 1.29 is 26.7 Å². The van der Waals surface area contributed by atoms with Crippen molar-refractivity contribution in [1.29, 1.82) is 0 Å². The second-order valence-corrected chi connectivity index (χ2v) is 11.4. The summed E-state index contributed by atoms with van der Waals surface area (Å²) in [7, 11) is -3.65. The van der Waals surface area contributed by atoms with E-state index in [-0.39, 0.29) is 21.4 Å². The molecule has 13 heteroatoms. The summed E-state index contributed by atoms with van der Waals surface area (Å²) in [6, 6.07) is 14.7. The average Bonchev–Trinajstić information content (AvgIpc) is 3.55. The van der Waals surface area contributed by atoms with Gasteiger partial charge in [-0.1, -0.05) is 29.8 Å². The Bertz CT molecular complexity index is 1830. The molecule has 0 amide bonds. The first kappa shape index (κ1) is 27.6. The molecular weight excluding hydrogens is 567 g/mol. The first-order valence-electron chi connectivity index (χ1n) is 11.7. The summed E-state index contributed by atoms with van der Waals surface area (Å²) in [5.74, 6) is 0.118. The first-order valence-corrected chi connectivity index (χ1v) is 14.0. The second kappa shape index (κ2) is 10.2. The van der Waals surface area contributed by atoms with Gasteiger partial charge in [0.05, 0.1) is 41.0 Å². The molecule has 3 heterocycles. The maximum absolute atomic E-state index is 13.5. The van der Waals surface area contributed by atoms with Gasteiger partial charge in [0.1, 0.15) is 11.0 Å². The third-order valence-corrected chi connectivity index (χ3v) is 7.68. The number of halogens is 4. The molecular formula is C27H21ClF3N5O3S. The summed E-state index contributed by atoms with van der Waals surface area (Å²) in [5.41, 5.74) is 2.31. The Labute approximate surface area is 232 Å². The van der Waals surface area contributed by atoms with Crippen molar-refractivity contribution in [1.82, 2.24) is 24.3 Å². The molecule has 206 valence electrons. The van der Waals surface area contributed by atoms with Gasteiger partial charge < -0.3 is 9.67 Å². The van der Waals surface area contributed by atoms with E-state index in [1.165, 1.54) is 29.8 Å². The van der Waals surface area contributed by atoms with Crippen LogP contribution in [-0.2, 0) is 22.6 Å². The average molecular weight is 588 g/mol. The van der Waals surface area contributed by atoms with Crippen LogP contribution in [0.2, 0.25) is 5.15 Å². The van der Waals surface area contributed by atoms with Gasteiger partial charge in [-0.25, -0.2) is 23.1 Å². The summed E-state index contributed by atoms with van der Waals surface area (Å²) in [6.07, 6.45) is 0.400. The molecule has 0 bridgehead atoms. The molecule has 0 radical (unpaired) electrons. The molecule has 5 aromatic rings. The van der Waals surface area contributed by atoms with Crippen molar-refractivity contribution in [3.63, 3.8) is 0 Å². The van der Waals surface area contributed by atoms with Crippen LogP contribution < -0.4 is 0 Å². The number of rotatable bonds is 6. The van der Waals surface area contributed by atoms with E-state index < -0.39 is 28.3 Å². The molecule has 0 aliphatic carbocycles. The Kier molecular flexibility index (Phi) is 7.02. The minimum Gasteiger partial charge on any atom is -0.392 e. The third-order valence-electron chi connectivity index (χ3n) is 6.27. The SMILES string of the molecule is Cc1nc(C(F)(F)F)cn1-c1ccc(-c2ccc(CO)c(S(C)(=O)=O)c2)cc1-c1ccnn1-c1ccc(Cl)nc1. The lowest BCUT2D eigenvalue weighted by molar-refractivity contribution is -0.141. The lowest BCUT2D eigenvalue weighted by atomic mass is 9.99. The molecule has 0 aliphatic heterocycles. The molecule has 5 rings (SSSR count). The summed E-state index contributed by atoms with van der Waals surface area (Å²) in [5, 5.41) is 14.3. The van der Waals surface area contributed by atoms with E-state index in [2.05, 4.69) is 15.1 Å². The molecule has 0 unspecified atom stereocenters. The summed E-state index contributed by atoms with van der Waals surface area (Å²) < 4.78 is 68.2. The Balaban J connectivity index is 1.75. The lowest BCUT2D eigenvalue weighted by Gasteiger charge is -2.16. The van der Waals surface area contributed by atoms with Crippen LogP contribution in [0.1, 0.15) is 17.1 Å². The van der Waals surface area contributed by atoms with Crippen molar-refractivity contribution in [3.05, 3.63) is 95.4 Å². The van der Waals surface area contributed by atoms with E-state index in [0.717, 1.165) is 12.5 Å². The summed E-state index contributed by atoms with van der Waals surface area (Å²) >= 11 is 5.95. The molecule has 2 aromatic carbocycles. The number of aliphatic hydroxyl groups excluding tert-OH is 1. The van der Waals surface area contributed by atoms with Crippen molar-refractivity contribution >= 4 is 21.4 Å². The third kappa shape index (κ3) is 5.25. The predicted octanol–water partition coefficient (Wildman–Crippen LogP) is 5.66. The number of hydrogen-bond donors (Lipinski definition) is 1. The van der Waals surface area contributed by atoms with Gasteiger partial charge >= 0.3 is 6.18 Å². The highest BCUT2D eigenvalue weighted by Gasteiger charge is 2.34. The molecule has 8 nitrogen and oxygen atoms in total. The van der Waals surface area contributed by atoms with Gasteiger partial charge in [-0.2, -0.15) is 18.3 Å². The highest BCUT2D eigenvalue weighted by molar-refractivity contribution is 7.90. The minimum atomic E-state index is -4.64. The number of aromatic nitrogens is 5. The van der Waals surface area contributed by atoms with E-state index in [9.17, 15) is 26.7 Å². The zero-order valence-electron chi connectivity index (χ0n) is 21.1. The molecule has 0 saturated heterocycles. The van der Waals surface area contributed by atoms with Crippen LogP contribution in [0, 0.1) is 6.92 Å². The quantitative estimate of drug-likeness (QED) is 0.257. The van der Waals surface area contributed by atoms with Crippen LogP contribution in [0.25, 0.3) is 33.8 Å². The molecule has 0 fully saturated rings. The fraction of sp³-hybridized carbons (Fsp3) is 0.148. The van der Waals surface area contributed by atoms with Crippen LogP contribution in [0.3, 0.4) is 0 Å². The normalized spacial score (nSPS) is 12.2. The Morgan fingerprint density at radius 3 is 2.38 bits per heavy atom. The molecule has 40 heavy (non-hydrogen) atoms. The van der Waals surface area contributed by atoms with Crippen LogP contribution in [0.15, 0.2) is 78.1 Å². The Hall–Kier alpha value is -4.00. The highest BCUT2D eigenvalue weighted by atomic mass is 35.5. The zero-order chi connectivity index (χ0) is 28.8. The minimum absolute atomic E-state index is 0.0179. The van der Waals surface area contributed by atoms with Crippen molar-refractivity contribution in [2.24, 2.45) is 0 Å². The van der Waals surface area contributed by atoms with E-state index in [1.54, 1.807) is 53.3 Å². The number of alkyl halides is 3. The van der Waals surface area contributed by atoms with E-state index in [0.29, 0.717) is 33.8 Å². The van der Waals surface area contributed by atoms with Gasteiger partial charge in [0.2, 0.25) is 0 Å². The standard InChI is InChI=1S/C27H21ClF3N5O3S/c1-16-34-25(27(29,30)31)14-35(16)22-7-5-17(18-3-4-19(15-37)24(12-18)40(2,38)39)11-21(22)23-9-10-33-36(23)20-6-8-26(28)32-13-20/h3-14,37H,15H2,1-2H3. The smallest absolute Gasteiger partial charge is 0.392 e. The Morgan fingerprint density at radius 1 is 1.02 bits per heavy atom. The zero-order valence-corrected chi connectivity index (χ0v) is 22.6. The number of imidazole rings is 1. The van der Waals surface area contributed by atoms with Gasteiger partial charge in [-0.05, 0) is 60.0 Å². The molecule has 3 aromatic heterocycles. The predicted molar refractivity (Wildman–Crippen MR) is 143 cm³/mol. The van der Waals surface area contributed by atoms with Crippen LogP contribution in [-0.4, -0.2) is 44.1 Å². The summed E-state index contributed by atoms with van der Waals surface area (Å²) in [4.78, 5) is 7.79. The van der Waals surface area contributed by atoms with E-state index >= 15 is 0 Å². The fourth-order valence-electron chi connectivity index (χ4n) is 4.40. The monoisotopic (exact) mass is 587 g/mol. The number of hydrogen-bond acceptors (Lipinski definition) is 6. The van der Waals surface area contributed by atoms with Crippen molar-refractivity contribution in [3.8, 4) is 33.8 Å². The highest BCUT2D eigenvalue weighted by Crippen LogP contribution is 2.36. The van der Waals surface area contributed by atoms with Gasteiger partial charge in [0.15, 0.2) is 15.5 Å². The first-order chi connectivity index (χ1) is 18.9. The number of aliphatic hydroxyl groups is 1. The molecule has 1 N–H and O–H groups in total. The lowest BCUT2D eigenvalue weighted by Crippen LogP contribution is -2.05. The number of benzene rings is 2. The van der Waals surface area contributed by atoms with E-state index in [4.69, 9.17) is 11.6 Å². The van der Waals surface area contributed by atoms with Crippen LogP contribution in [0.4, 0.5) is 13.2 Å². The second-order valence-electron chi connectivity index (χ2n) is 8.99. The molecule has 0 spiro atoms. The largest absolute Gasteiger partial charge is 0.434 e. The maximum atomic E-state index is 13.5. The Morgan fingerprint density at radius 2 is 1.75 bits per heavy atom. The van der Waals surface area contributed by atoms with Crippen molar-refractivity contribution in [2.45, 2.75) is 24.6 Å². The van der Waals surface area contributed by atoms with Gasteiger partial charge in [-0.15, -0.1) is 0 Å². The number of pyridine rings is 1. The molecule has 0 aliphatic rings. The van der Waals surface area contributed by atoms with Crippen molar-refractivity contribution in [2.75, 3.05) is 6.26 Å². The van der Waals surface area contributed by atoms with E-state index in [1.807, 2.05) is 0 Å². The number of sulfone groups is 1. The van der Waals surface area contributed by atoms with Gasteiger partial charge in [0.25, 0.3) is 0 Å². The van der Waals surface area contributed by atoms with Crippen LogP contribution >= 0.6 is 11.6 Å². The van der Waals surface area contributed by atoms with Gasteiger partial charge in [-0.3, -0.25) is 0 Å². The van der Waals surface area contributed by atoms with Crippen LogP contribution in [0.5, 0.6) is 0 Å². The number of nitrogens with zero attached hydrogens (tertiary/aromatic N) is 5. The fourth-order valence-corrected chi connectivity index (χ4v) is 5.46. The number of aryl methyl sites for hydroxylation is 1. The summed E-state index contributed by atoms with van der Waals surface area (Å²) in [6.45, 7) is 1.02. The topological polar surface area (TPSA) is 103 Å². The molecule has 0 saturated carbocycles. The maximum Gasteiger partial charge on any atom is 0.434 e.